The van der Waals surface area contributed by atoms with Gasteiger partial charge in [0.2, 0.25) is 5.91 Å². The number of hydrogen-bond donors (Lipinski definition) is 1. The quantitative estimate of drug-likeness (QED) is 0.910. The van der Waals surface area contributed by atoms with Crippen molar-refractivity contribution in [3.8, 4) is 0 Å². The van der Waals surface area contributed by atoms with Crippen LogP contribution in [0, 0.1) is 13.8 Å². The van der Waals surface area contributed by atoms with Crippen LogP contribution in [0.1, 0.15) is 37.3 Å². The number of carbonyl (C=O) groups is 1. The van der Waals surface area contributed by atoms with E-state index in [0.717, 1.165) is 53.6 Å². The monoisotopic (exact) mass is 338 g/mol. The number of carbonyl (C=O) groups excluding carboxylic acids is 1. The molecule has 2 rings (SSSR count). The van der Waals surface area contributed by atoms with Crippen LogP contribution in [0.15, 0.2) is 16.6 Å². The molecule has 110 valence electrons. The maximum absolute atomic E-state index is 12.7. The number of hydrogen-bond acceptors (Lipinski definition) is 2. The lowest BCUT2D eigenvalue weighted by Gasteiger charge is -2.34. The Hall–Kier alpha value is -0.870. The predicted octanol–water partition coefficient (Wildman–Crippen LogP) is 3.56. The molecule has 1 atom stereocenters. The minimum Gasteiger partial charge on any atom is -0.311 e. The highest BCUT2D eigenvalue weighted by molar-refractivity contribution is 9.10. The lowest BCUT2D eigenvalue weighted by molar-refractivity contribution is -0.121. The van der Waals surface area contributed by atoms with Gasteiger partial charge >= 0.3 is 0 Å². The van der Waals surface area contributed by atoms with Gasteiger partial charge in [0.05, 0.1) is 6.04 Å². The van der Waals surface area contributed by atoms with Crippen molar-refractivity contribution in [2.75, 3.05) is 18.0 Å². The Balaban J connectivity index is 2.26. The van der Waals surface area contributed by atoms with Crippen LogP contribution in [-0.2, 0) is 4.79 Å². The molecule has 1 unspecified atom stereocenters. The second-order valence-electron chi connectivity index (χ2n) is 5.53. The van der Waals surface area contributed by atoms with E-state index in [2.05, 4.69) is 54.2 Å². The minimum absolute atomic E-state index is 0.0221. The number of piperidine rings is 1. The number of amides is 1. The first-order valence-corrected chi connectivity index (χ1v) is 8.15. The fraction of sp³-hybridized carbons (Fsp3) is 0.562. The largest absolute Gasteiger partial charge is 0.311 e. The third kappa shape index (κ3) is 3.23. The molecular formula is C16H23BrN2O. The van der Waals surface area contributed by atoms with Crippen molar-refractivity contribution in [1.82, 2.24) is 5.32 Å². The van der Waals surface area contributed by atoms with Gasteiger partial charge < -0.3 is 10.2 Å². The van der Waals surface area contributed by atoms with E-state index in [1.54, 1.807) is 0 Å². The molecule has 4 heteroatoms. The molecule has 1 amide bonds. The topological polar surface area (TPSA) is 32.3 Å². The van der Waals surface area contributed by atoms with Crippen LogP contribution >= 0.6 is 15.9 Å². The van der Waals surface area contributed by atoms with Gasteiger partial charge in [0.25, 0.3) is 0 Å². The Bertz CT molecular complexity index is 478. The molecule has 0 aliphatic carbocycles. The van der Waals surface area contributed by atoms with Gasteiger partial charge in [-0.25, -0.2) is 0 Å². The molecule has 1 saturated heterocycles. The van der Waals surface area contributed by atoms with E-state index < -0.39 is 0 Å². The van der Waals surface area contributed by atoms with E-state index in [9.17, 15) is 4.79 Å². The standard InChI is InChI=1S/C16H23BrN2O/c1-4-7-18-14-6-5-8-19(16(14)20)15-11(2)9-13(17)10-12(15)3/h9-10,14,18H,4-8H2,1-3H3. The first kappa shape index (κ1) is 15.5. The number of anilines is 1. The van der Waals surface area contributed by atoms with Gasteiger partial charge in [0.15, 0.2) is 0 Å². The second-order valence-corrected chi connectivity index (χ2v) is 6.44. The zero-order valence-electron chi connectivity index (χ0n) is 12.5. The van der Waals surface area contributed by atoms with Crippen molar-refractivity contribution >= 4 is 27.5 Å². The molecule has 1 aromatic carbocycles. The third-order valence-electron chi connectivity index (χ3n) is 3.81. The van der Waals surface area contributed by atoms with Crippen LogP contribution in [0.2, 0.25) is 0 Å². The third-order valence-corrected chi connectivity index (χ3v) is 4.26. The van der Waals surface area contributed by atoms with E-state index in [4.69, 9.17) is 0 Å². The summed E-state index contributed by atoms with van der Waals surface area (Å²) in [4.78, 5) is 14.6. The molecule has 1 N–H and O–H groups in total. The highest BCUT2D eigenvalue weighted by Crippen LogP contribution is 2.31. The highest BCUT2D eigenvalue weighted by atomic mass is 79.9. The van der Waals surface area contributed by atoms with Gasteiger partial charge in [-0.05, 0) is 62.9 Å². The molecule has 0 radical (unpaired) electrons. The Kier molecular flexibility index (Phi) is 5.22. The summed E-state index contributed by atoms with van der Waals surface area (Å²) in [7, 11) is 0. The molecule has 0 saturated carbocycles. The maximum Gasteiger partial charge on any atom is 0.244 e. The molecule has 1 aliphatic rings. The van der Waals surface area contributed by atoms with Crippen molar-refractivity contribution < 1.29 is 4.79 Å². The van der Waals surface area contributed by atoms with Crippen molar-refractivity contribution in [3.63, 3.8) is 0 Å². The van der Waals surface area contributed by atoms with Gasteiger partial charge in [-0.1, -0.05) is 22.9 Å². The van der Waals surface area contributed by atoms with Gasteiger partial charge in [0.1, 0.15) is 0 Å². The predicted molar refractivity (Wildman–Crippen MR) is 87.3 cm³/mol. The number of aryl methyl sites for hydroxylation is 2. The molecule has 1 aliphatic heterocycles. The molecule has 1 aromatic rings. The summed E-state index contributed by atoms with van der Waals surface area (Å²) in [6, 6.07) is 4.14. The normalized spacial score (nSPS) is 19.5. The first-order valence-electron chi connectivity index (χ1n) is 7.36. The molecule has 0 bridgehead atoms. The summed E-state index contributed by atoms with van der Waals surface area (Å²) >= 11 is 3.52. The number of nitrogens with zero attached hydrogens (tertiary/aromatic N) is 1. The summed E-state index contributed by atoms with van der Waals surface area (Å²) in [5.41, 5.74) is 3.39. The Morgan fingerprint density at radius 2 is 2.00 bits per heavy atom. The van der Waals surface area contributed by atoms with Crippen LogP contribution < -0.4 is 10.2 Å². The van der Waals surface area contributed by atoms with Crippen LogP contribution in [0.5, 0.6) is 0 Å². The van der Waals surface area contributed by atoms with E-state index in [0.29, 0.717) is 0 Å². The van der Waals surface area contributed by atoms with Crippen molar-refractivity contribution in [2.24, 2.45) is 0 Å². The summed E-state index contributed by atoms with van der Waals surface area (Å²) in [6.07, 6.45) is 3.06. The SMILES string of the molecule is CCCNC1CCCN(c2c(C)cc(Br)cc2C)C1=O. The number of nitrogens with one attached hydrogen (secondary N) is 1. The molecule has 1 heterocycles. The van der Waals surface area contributed by atoms with Gasteiger partial charge in [0, 0.05) is 16.7 Å². The first-order chi connectivity index (χ1) is 9.54. The molecule has 0 aromatic heterocycles. The molecule has 3 nitrogen and oxygen atoms in total. The summed E-state index contributed by atoms with van der Waals surface area (Å²) < 4.78 is 1.07. The average Bonchev–Trinajstić information content (AvgIpc) is 2.38. The number of rotatable bonds is 4. The van der Waals surface area contributed by atoms with Crippen molar-refractivity contribution in [2.45, 2.75) is 46.1 Å². The van der Waals surface area contributed by atoms with E-state index in [-0.39, 0.29) is 11.9 Å². The fourth-order valence-corrected chi connectivity index (χ4v) is 3.62. The van der Waals surface area contributed by atoms with Crippen LogP contribution in [0.25, 0.3) is 0 Å². The average molecular weight is 339 g/mol. The molecule has 1 fully saturated rings. The van der Waals surface area contributed by atoms with Crippen LogP contribution in [-0.4, -0.2) is 25.0 Å². The van der Waals surface area contributed by atoms with E-state index >= 15 is 0 Å². The molecule has 20 heavy (non-hydrogen) atoms. The van der Waals surface area contributed by atoms with Gasteiger partial charge in [-0.3, -0.25) is 4.79 Å². The zero-order valence-corrected chi connectivity index (χ0v) is 14.1. The number of benzene rings is 1. The van der Waals surface area contributed by atoms with Crippen molar-refractivity contribution in [3.05, 3.63) is 27.7 Å². The minimum atomic E-state index is -0.0221. The highest BCUT2D eigenvalue weighted by Gasteiger charge is 2.30. The summed E-state index contributed by atoms with van der Waals surface area (Å²) in [5, 5.41) is 3.37. The maximum atomic E-state index is 12.7. The van der Waals surface area contributed by atoms with Crippen LogP contribution in [0.4, 0.5) is 5.69 Å². The smallest absolute Gasteiger partial charge is 0.244 e. The van der Waals surface area contributed by atoms with Crippen molar-refractivity contribution in [1.29, 1.82) is 0 Å². The second kappa shape index (κ2) is 6.72. The van der Waals surface area contributed by atoms with Crippen LogP contribution in [0.3, 0.4) is 0 Å². The Morgan fingerprint density at radius 3 is 2.60 bits per heavy atom. The Morgan fingerprint density at radius 1 is 1.35 bits per heavy atom. The number of halogens is 1. The van der Waals surface area contributed by atoms with E-state index in [1.807, 2.05) is 4.90 Å². The lowest BCUT2D eigenvalue weighted by atomic mass is 10.0. The zero-order chi connectivity index (χ0) is 14.7. The van der Waals surface area contributed by atoms with Gasteiger partial charge in [-0.15, -0.1) is 0 Å². The lowest BCUT2D eigenvalue weighted by Crippen LogP contribution is -2.51. The fourth-order valence-electron chi connectivity index (χ4n) is 2.93. The summed E-state index contributed by atoms with van der Waals surface area (Å²) in [6.45, 7) is 8.00. The van der Waals surface area contributed by atoms with Gasteiger partial charge in [-0.2, -0.15) is 0 Å². The summed E-state index contributed by atoms with van der Waals surface area (Å²) in [5.74, 6) is 0.221. The Labute approximate surface area is 129 Å². The molecular weight excluding hydrogens is 316 g/mol. The van der Waals surface area contributed by atoms with E-state index in [1.165, 1.54) is 0 Å². The molecule has 0 spiro atoms.